The van der Waals surface area contributed by atoms with E-state index in [1.54, 1.807) is 31.4 Å². The largest absolute Gasteiger partial charge is 0.497 e. The maximum Gasteiger partial charge on any atom is 0.222 e. The molecule has 1 saturated heterocycles. The number of methoxy groups -OCH3 is 1. The zero-order valence-electron chi connectivity index (χ0n) is 18.8. The van der Waals surface area contributed by atoms with Crippen molar-refractivity contribution in [1.82, 2.24) is 9.80 Å². The Balaban J connectivity index is 1.32. The van der Waals surface area contributed by atoms with Crippen LogP contribution in [0.4, 0.5) is 0 Å². The zero-order valence-corrected chi connectivity index (χ0v) is 18.8. The summed E-state index contributed by atoms with van der Waals surface area (Å²) in [5, 5.41) is 0. The molecule has 0 bridgehead atoms. The molecule has 0 radical (unpaired) electrons. The van der Waals surface area contributed by atoms with Crippen LogP contribution >= 0.6 is 0 Å². The Bertz CT molecular complexity index is 888. The molecule has 6 nitrogen and oxygen atoms in total. The van der Waals surface area contributed by atoms with Crippen molar-refractivity contribution in [2.24, 2.45) is 0 Å². The second-order valence-electron chi connectivity index (χ2n) is 8.11. The zero-order chi connectivity index (χ0) is 22.8. The van der Waals surface area contributed by atoms with Gasteiger partial charge in [0.1, 0.15) is 5.75 Å². The van der Waals surface area contributed by atoms with Gasteiger partial charge in [-0.2, -0.15) is 0 Å². The second-order valence-corrected chi connectivity index (χ2v) is 8.11. The second kappa shape index (κ2) is 12.0. The molecule has 0 spiro atoms. The highest BCUT2D eigenvalue weighted by Gasteiger charge is 2.23. The summed E-state index contributed by atoms with van der Waals surface area (Å²) in [6.07, 6.45) is 3.51. The predicted molar refractivity (Wildman–Crippen MR) is 124 cm³/mol. The number of carbonyl (C=O) groups is 3. The van der Waals surface area contributed by atoms with Crippen molar-refractivity contribution in [1.29, 1.82) is 0 Å². The average molecular weight is 437 g/mol. The van der Waals surface area contributed by atoms with Crippen LogP contribution in [0.5, 0.6) is 5.75 Å². The number of Topliss-reactive ketones (excluding diaryl/α,β-unsaturated/α-hetero) is 1. The van der Waals surface area contributed by atoms with E-state index in [0.717, 1.165) is 12.8 Å². The minimum atomic E-state index is 0.0337. The Hall–Kier alpha value is -3.15. The van der Waals surface area contributed by atoms with Gasteiger partial charge in [-0.1, -0.05) is 30.3 Å². The lowest BCUT2D eigenvalue weighted by molar-refractivity contribution is -0.139. The Morgan fingerprint density at radius 1 is 0.750 bits per heavy atom. The van der Waals surface area contributed by atoms with E-state index in [2.05, 4.69) is 12.1 Å². The molecule has 0 atom stereocenters. The summed E-state index contributed by atoms with van der Waals surface area (Å²) in [7, 11) is 1.59. The van der Waals surface area contributed by atoms with Gasteiger partial charge in [-0.25, -0.2) is 0 Å². The minimum absolute atomic E-state index is 0.0337. The number of piperazine rings is 1. The molecule has 0 aliphatic carbocycles. The van der Waals surface area contributed by atoms with Gasteiger partial charge in [0.15, 0.2) is 5.78 Å². The molecule has 1 aliphatic rings. The fraction of sp³-hybridized carbons (Fsp3) is 0.423. The maximum absolute atomic E-state index is 12.5. The highest BCUT2D eigenvalue weighted by molar-refractivity contribution is 5.96. The first-order valence-electron chi connectivity index (χ1n) is 11.3. The van der Waals surface area contributed by atoms with Gasteiger partial charge in [0, 0.05) is 51.0 Å². The average Bonchev–Trinajstić information content (AvgIpc) is 2.84. The Morgan fingerprint density at radius 2 is 1.31 bits per heavy atom. The van der Waals surface area contributed by atoms with Gasteiger partial charge >= 0.3 is 0 Å². The van der Waals surface area contributed by atoms with Crippen LogP contribution in [0.3, 0.4) is 0 Å². The van der Waals surface area contributed by atoms with Gasteiger partial charge in [-0.15, -0.1) is 0 Å². The van der Waals surface area contributed by atoms with Crippen LogP contribution in [0.1, 0.15) is 48.0 Å². The third-order valence-corrected chi connectivity index (χ3v) is 5.89. The number of amides is 2. The number of aryl methyl sites for hydroxylation is 1. The molecule has 170 valence electrons. The number of rotatable bonds is 10. The molecule has 1 aliphatic heterocycles. The quantitative estimate of drug-likeness (QED) is 0.532. The van der Waals surface area contributed by atoms with Crippen LogP contribution < -0.4 is 4.74 Å². The molecule has 32 heavy (non-hydrogen) atoms. The summed E-state index contributed by atoms with van der Waals surface area (Å²) in [6.45, 7) is 2.30. The lowest BCUT2D eigenvalue weighted by Gasteiger charge is -2.35. The van der Waals surface area contributed by atoms with Crippen LogP contribution in [0.15, 0.2) is 54.6 Å². The number of carbonyl (C=O) groups excluding carboxylic acids is 3. The number of ketones is 1. The lowest BCUT2D eigenvalue weighted by atomic mass is 10.0. The standard InChI is InChI=1S/C26H32N2O4/c1-32-23-15-13-22(14-16-23)24(29)10-6-12-26(31)28-19-17-27(18-20-28)25(30)11-5-9-21-7-3-2-4-8-21/h2-4,7-8,13-16H,5-6,9-12,17-20H2,1H3. The van der Waals surface area contributed by atoms with Gasteiger partial charge in [0.05, 0.1) is 7.11 Å². The van der Waals surface area contributed by atoms with Crippen LogP contribution in [0.2, 0.25) is 0 Å². The first-order valence-corrected chi connectivity index (χ1v) is 11.3. The summed E-state index contributed by atoms with van der Waals surface area (Å²) < 4.78 is 5.10. The molecule has 2 aromatic rings. The van der Waals surface area contributed by atoms with E-state index in [4.69, 9.17) is 4.74 Å². The Labute approximate surface area is 190 Å². The predicted octanol–water partition coefficient (Wildman–Crippen LogP) is 3.74. The monoisotopic (exact) mass is 436 g/mol. The Kier molecular flexibility index (Phi) is 8.84. The van der Waals surface area contributed by atoms with E-state index in [-0.39, 0.29) is 17.6 Å². The minimum Gasteiger partial charge on any atom is -0.497 e. The molecular formula is C26H32N2O4. The third-order valence-electron chi connectivity index (χ3n) is 5.89. The number of hydrogen-bond donors (Lipinski definition) is 0. The van der Waals surface area contributed by atoms with Gasteiger partial charge in [-0.05, 0) is 49.1 Å². The molecule has 2 amide bonds. The van der Waals surface area contributed by atoms with Crippen molar-refractivity contribution in [2.45, 2.75) is 38.5 Å². The van der Waals surface area contributed by atoms with E-state index >= 15 is 0 Å². The fourth-order valence-electron chi connectivity index (χ4n) is 3.93. The molecule has 1 fully saturated rings. The number of ether oxygens (including phenoxy) is 1. The summed E-state index contributed by atoms with van der Waals surface area (Å²) >= 11 is 0. The summed E-state index contributed by atoms with van der Waals surface area (Å²) in [5.74, 6) is 0.971. The highest BCUT2D eigenvalue weighted by Crippen LogP contribution is 2.15. The van der Waals surface area contributed by atoms with Gasteiger partial charge in [-0.3, -0.25) is 14.4 Å². The smallest absolute Gasteiger partial charge is 0.222 e. The van der Waals surface area contributed by atoms with E-state index in [1.165, 1.54) is 5.56 Å². The molecule has 1 heterocycles. The first kappa shape index (κ1) is 23.5. The first-order chi connectivity index (χ1) is 15.6. The van der Waals surface area contributed by atoms with Gasteiger partial charge in [0.25, 0.3) is 0 Å². The number of nitrogens with zero attached hydrogens (tertiary/aromatic N) is 2. The van der Waals surface area contributed by atoms with Crippen LogP contribution in [0.25, 0.3) is 0 Å². The van der Waals surface area contributed by atoms with Crippen molar-refractivity contribution in [3.8, 4) is 5.75 Å². The molecule has 6 heteroatoms. The number of benzene rings is 2. The van der Waals surface area contributed by atoms with Crippen molar-refractivity contribution >= 4 is 17.6 Å². The molecule has 2 aromatic carbocycles. The van der Waals surface area contributed by atoms with E-state index in [1.807, 2.05) is 28.0 Å². The summed E-state index contributed by atoms with van der Waals surface area (Å²) in [6, 6.07) is 17.2. The molecule has 0 N–H and O–H groups in total. The van der Waals surface area contributed by atoms with Gasteiger partial charge in [0.2, 0.25) is 11.8 Å². The van der Waals surface area contributed by atoms with E-state index in [9.17, 15) is 14.4 Å². The van der Waals surface area contributed by atoms with Crippen LogP contribution in [-0.2, 0) is 16.0 Å². The molecule has 0 unspecified atom stereocenters. The van der Waals surface area contributed by atoms with Crippen molar-refractivity contribution in [3.63, 3.8) is 0 Å². The molecule has 3 rings (SSSR count). The fourth-order valence-corrected chi connectivity index (χ4v) is 3.93. The van der Waals surface area contributed by atoms with Crippen LogP contribution in [0, 0.1) is 0 Å². The number of hydrogen-bond acceptors (Lipinski definition) is 4. The molecular weight excluding hydrogens is 404 g/mol. The third kappa shape index (κ3) is 6.94. The summed E-state index contributed by atoms with van der Waals surface area (Å²) in [5.41, 5.74) is 1.89. The molecule has 0 saturated carbocycles. The van der Waals surface area contributed by atoms with E-state index < -0.39 is 0 Å². The maximum atomic E-state index is 12.5. The summed E-state index contributed by atoms with van der Waals surface area (Å²) in [4.78, 5) is 40.9. The van der Waals surface area contributed by atoms with Gasteiger partial charge < -0.3 is 14.5 Å². The van der Waals surface area contributed by atoms with Crippen molar-refractivity contribution in [2.75, 3.05) is 33.3 Å². The van der Waals surface area contributed by atoms with Crippen molar-refractivity contribution < 1.29 is 19.1 Å². The SMILES string of the molecule is COc1ccc(C(=O)CCCC(=O)N2CCN(C(=O)CCCc3ccccc3)CC2)cc1. The van der Waals surface area contributed by atoms with Crippen molar-refractivity contribution in [3.05, 3.63) is 65.7 Å². The van der Waals surface area contributed by atoms with E-state index in [0.29, 0.717) is 63.2 Å². The highest BCUT2D eigenvalue weighted by atomic mass is 16.5. The normalized spacial score (nSPS) is 13.7. The molecule has 0 aromatic heterocycles. The Morgan fingerprint density at radius 3 is 1.88 bits per heavy atom. The van der Waals surface area contributed by atoms with Crippen LogP contribution in [-0.4, -0.2) is 60.7 Å². The topological polar surface area (TPSA) is 66.9 Å². The lowest BCUT2D eigenvalue weighted by Crippen LogP contribution is -2.50.